The number of rotatable bonds is 3. The highest BCUT2D eigenvalue weighted by Gasteiger charge is 2.38. The largest absolute Gasteiger partial charge is 0.437 e. The number of hydrogen-bond acceptors (Lipinski definition) is 8. The first-order valence-electron chi connectivity index (χ1n) is 11.8. The maximum Gasteiger partial charge on any atom is 0.344 e. The molecule has 0 saturated carbocycles. The highest BCUT2D eigenvalue weighted by molar-refractivity contribution is 5.87. The van der Waals surface area contributed by atoms with E-state index < -0.39 is 16.5 Å². The third-order valence-corrected chi connectivity index (χ3v) is 6.76. The number of aryl methyl sites for hydroxylation is 1. The second-order valence-corrected chi connectivity index (χ2v) is 9.00. The molecule has 0 radical (unpaired) electrons. The van der Waals surface area contributed by atoms with Gasteiger partial charge in [-0.05, 0) is 30.2 Å². The van der Waals surface area contributed by atoms with Crippen molar-refractivity contribution in [3.63, 3.8) is 0 Å². The molecule has 0 spiro atoms. The van der Waals surface area contributed by atoms with E-state index in [1.54, 1.807) is 30.3 Å². The predicted molar refractivity (Wildman–Crippen MR) is 138 cm³/mol. The van der Waals surface area contributed by atoms with E-state index in [0.29, 0.717) is 39.3 Å². The van der Waals surface area contributed by atoms with Crippen LogP contribution in [0.3, 0.4) is 0 Å². The molecule has 1 aliphatic heterocycles. The minimum Gasteiger partial charge on any atom is -0.437 e. The molecule has 0 aliphatic carbocycles. The summed E-state index contributed by atoms with van der Waals surface area (Å²) in [6.07, 6.45) is 1.51. The Hall–Kier alpha value is -5.38. The maximum atomic E-state index is 13.5. The van der Waals surface area contributed by atoms with Crippen LogP contribution in [0, 0.1) is 17.0 Å². The number of ether oxygens (including phenoxy) is 1. The molecule has 3 aromatic carbocycles. The molecule has 0 N–H and O–H groups in total. The van der Waals surface area contributed by atoms with Crippen LogP contribution >= 0.6 is 0 Å². The van der Waals surface area contributed by atoms with Crippen LogP contribution in [0.15, 0.2) is 88.3 Å². The Morgan fingerprint density at radius 3 is 2.66 bits per heavy atom. The van der Waals surface area contributed by atoms with Crippen LogP contribution in [0.2, 0.25) is 0 Å². The first-order chi connectivity index (χ1) is 18.5. The van der Waals surface area contributed by atoms with Crippen LogP contribution in [-0.2, 0) is 0 Å². The molecule has 10 heteroatoms. The van der Waals surface area contributed by atoms with Gasteiger partial charge in [0.25, 0.3) is 5.69 Å². The van der Waals surface area contributed by atoms with Gasteiger partial charge in [-0.3, -0.25) is 10.1 Å². The Balaban J connectivity index is 1.56. The monoisotopic (exact) mass is 503 g/mol. The number of fused-ring (bicyclic) bond motifs is 6. The summed E-state index contributed by atoms with van der Waals surface area (Å²) in [6.45, 7) is 1.97. The van der Waals surface area contributed by atoms with Gasteiger partial charge in [0.1, 0.15) is 11.9 Å². The van der Waals surface area contributed by atoms with Crippen molar-refractivity contribution >= 4 is 22.3 Å². The quantitative estimate of drug-likeness (QED) is 0.178. The third kappa shape index (κ3) is 3.20. The lowest BCUT2D eigenvalue weighted by atomic mass is 9.84. The molecule has 4 heterocycles. The van der Waals surface area contributed by atoms with E-state index in [0.717, 1.165) is 11.1 Å². The average molecular weight is 503 g/mol. The van der Waals surface area contributed by atoms with Crippen molar-refractivity contribution in [1.29, 1.82) is 0 Å². The van der Waals surface area contributed by atoms with Crippen molar-refractivity contribution in [3.05, 3.63) is 122 Å². The molecular formula is C28H17N5O5. The van der Waals surface area contributed by atoms with Gasteiger partial charge >= 0.3 is 5.63 Å². The SMILES string of the molecule is Cc1ccccc1-c1nc2c3c(ncn2n1)Oc1c(c(=O)oc2ccccc12)C3c1cccc([N+](=O)[O-])c1. The highest BCUT2D eigenvalue weighted by atomic mass is 16.6. The van der Waals surface area contributed by atoms with E-state index in [4.69, 9.17) is 14.1 Å². The zero-order valence-corrected chi connectivity index (χ0v) is 19.9. The van der Waals surface area contributed by atoms with Gasteiger partial charge in [0.15, 0.2) is 17.2 Å². The summed E-state index contributed by atoms with van der Waals surface area (Å²) < 4.78 is 13.5. The molecular weight excluding hydrogens is 486 g/mol. The van der Waals surface area contributed by atoms with E-state index >= 15 is 0 Å². The second kappa shape index (κ2) is 8.07. The zero-order valence-electron chi connectivity index (χ0n) is 19.9. The van der Waals surface area contributed by atoms with Gasteiger partial charge in [-0.15, -0.1) is 5.10 Å². The molecule has 0 amide bonds. The second-order valence-electron chi connectivity index (χ2n) is 9.00. The van der Waals surface area contributed by atoms with E-state index in [1.165, 1.54) is 23.0 Å². The minimum absolute atomic E-state index is 0.107. The van der Waals surface area contributed by atoms with E-state index in [9.17, 15) is 14.9 Å². The van der Waals surface area contributed by atoms with Gasteiger partial charge in [-0.25, -0.2) is 19.3 Å². The fourth-order valence-corrected chi connectivity index (χ4v) is 5.02. The molecule has 0 fully saturated rings. The number of nitro benzene ring substituents is 1. The Bertz CT molecular complexity index is 1990. The highest BCUT2D eigenvalue weighted by Crippen LogP contribution is 2.49. The fraction of sp³-hybridized carbons (Fsp3) is 0.0714. The number of para-hydroxylation sites is 1. The molecule has 10 nitrogen and oxygen atoms in total. The van der Waals surface area contributed by atoms with Crippen LogP contribution in [0.1, 0.15) is 28.2 Å². The molecule has 0 bridgehead atoms. The van der Waals surface area contributed by atoms with Crippen molar-refractivity contribution < 1.29 is 14.1 Å². The Labute approximate surface area is 213 Å². The summed E-state index contributed by atoms with van der Waals surface area (Å²) in [7, 11) is 0. The number of non-ortho nitro benzene ring substituents is 1. The van der Waals surface area contributed by atoms with E-state index in [1.807, 2.05) is 37.3 Å². The summed E-state index contributed by atoms with van der Waals surface area (Å²) in [4.78, 5) is 34.0. The summed E-state index contributed by atoms with van der Waals surface area (Å²) in [5.41, 5.74) is 3.09. The first-order valence-corrected chi connectivity index (χ1v) is 11.8. The maximum absolute atomic E-state index is 13.5. The third-order valence-electron chi connectivity index (χ3n) is 6.76. The van der Waals surface area contributed by atoms with Crippen molar-refractivity contribution in [2.75, 3.05) is 0 Å². The lowest BCUT2D eigenvalue weighted by molar-refractivity contribution is -0.384. The lowest BCUT2D eigenvalue weighted by Gasteiger charge is -2.27. The van der Waals surface area contributed by atoms with Crippen molar-refractivity contribution in [1.82, 2.24) is 19.6 Å². The molecule has 7 rings (SSSR count). The summed E-state index contributed by atoms with van der Waals surface area (Å²) in [6, 6.07) is 20.9. The summed E-state index contributed by atoms with van der Waals surface area (Å²) in [5.74, 6) is 0.212. The van der Waals surface area contributed by atoms with E-state index in [2.05, 4.69) is 10.1 Å². The standard InChI is InChI=1S/C28H17N5O5/c1-15-7-2-3-10-18(15)25-30-26-23-21(16-8-6-9-17(13-16)33(35)36)22-24(38-27(23)29-14-32(26)31-25)19-11-4-5-12-20(19)37-28(22)34/h2-14,21H,1H3. The minimum atomic E-state index is -0.806. The van der Waals surface area contributed by atoms with Crippen LogP contribution in [0.25, 0.3) is 28.0 Å². The summed E-state index contributed by atoms with van der Waals surface area (Å²) >= 11 is 0. The van der Waals surface area contributed by atoms with Gasteiger partial charge < -0.3 is 9.15 Å². The smallest absolute Gasteiger partial charge is 0.344 e. The topological polar surface area (TPSA) is 126 Å². The van der Waals surface area contributed by atoms with Gasteiger partial charge in [-0.1, -0.05) is 48.5 Å². The Kier molecular flexibility index (Phi) is 4.64. The van der Waals surface area contributed by atoms with E-state index in [-0.39, 0.29) is 17.1 Å². The predicted octanol–water partition coefficient (Wildman–Crippen LogP) is 5.40. The molecule has 184 valence electrons. The Morgan fingerprint density at radius 2 is 1.82 bits per heavy atom. The van der Waals surface area contributed by atoms with Crippen LogP contribution in [0.4, 0.5) is 5.69 Å². The molecule has 0 saturated heterocycles. The van der Waals surface area contributed by atoms with Crippen LogP contribution in [0.5, 0.6) is 11.6 Å². The molecule has 1 atom stereocenters. The van der Waals surface area contributed by atoms with Crippen molar-refractivity contribution in [2.24, 2.45) is 0 Å². The van der Waals surface area contributed by atoms with Gasteiger partial charge in [0.2, 0.25) is 5.88 Å². The fourth-order valence-electron chi connectivity index (χ4n) is 5.02. The number of benzene rings is 3. The molecule has 1 aliphatic rings. The zero-order chi connectivity index (χ0) is 26.0. The van der Waals surface area contributed by atoms with Gasteiger partial charge in [-0.2, -0.15) is 0 Å². The molecule has 6 aromatic rings. The number of nitrogens with zero attached hydrogens (tertiary/aromatic N) is 5. The normalized spacial score (nSPS) is 14.2. The number of nitro groups is 1. The first kappa shape index (κ1) is 21.9. The number of hydrogen-bond donors (Lipinski definition) is 0. The van der Waals surface area contributed by atoms with Crippen molar-refractivity contribution in [2.45, 2.75) is 12.8 Å². The number of aromatic nitrogens is 4. The lowest BCUT2D eigenvalue weighted by Crippen LogP contribution is -2.22. The molecule has 3 aromatic heterocycles. The molecule has 38 heavy (non-hydrogen) atoms. The van der Waals surface area contributed by atoms with Gasteiger partial charge in [0, 0.05) is 17.7 Å². The van der Waals surface area contributed by atoms with Crippen molar-refractivity contribution in [3.8, 4) is 23.0 Å². The molecule has 1 unspecified atom stereocenters. The summed E-state index contributed by atoms with van der Waals surface area (Å²) in [5, 5.41) is 16.9. The van der Waals surface area contributed by atoms with Gasteiger partial charge in [0.05, 0.1) is 27.4 Å². The van der Waals surface area contributed by atoms with Crippen LogP contribution < -0.4 is 10.4 Å². The van der Waals surface area contributed by atoms with Crippen LogP contribution in [-0.4, -0.2) is 24.5 Å². The Morgan fingerprint density at radius 1 is 1.00 bits per heavy atom. The average Bonchev–Trinajstić information content (AvgIpc) is 3.37.